The highest BCUT2D eigenvalue weighted by atomic mass is 32.2. The van der Waals surface area contributed by atoms with Crippen molar-refractivity contribution in [3.8, 4) is 0 Å². The van der Waals surface area contributed by atoms with Crippen LogP contribution in [0.1, 0.15) is 25.7 Å². The topological polar surface area (TPSA) is 114 Å². The van der Waals surface area contributed by atoms with Crippen LogP contribution in [0.3, 0.4) is 0 Å². The maximum Gasteiger partial charge on any atom is 0.230 e. The number of anilines is 2. The highest BCUT2D eigenvalue weighted by Crippen LogP contribution is 2.29. The van der Waals surface area contributed by atoms with Crippen molar-refractivity contribution < 1.29 is 13.2 Å². The molecule has 0 spiro atoms. The first-order valence-corrected chi connectivity index (χ1v) is 9.21. The van der Waals surface area contributed by atoms with Gasteiger partial charge in [0.05, 0.1) is 6.26 Å². The summed E-state index contributed by atoms with van der Waals surface area (Å²) in [5.74, 6) is 0.664. The number of hydrogen-bond acceptors (Lipinski definition) is 5. The zero-order chi connectivity index (χ0) is 16.2. The molecule has 1 amide bonds. The van der Waals surface area contributed by atoms with Crippen molar-refractivity contribution in [2.75, 3.05) is 22.8 Å². The van der Waals surface area contributed by atoms with Gasteiger partial charge in [-0.15, -0.1) is 0 Å². The monoisotopic (exact) mass is 326 g/mol. The van der Waals surface area contributed by atoms with Crippen LogP contribution >= 0.6 is 0 Å². The Balaban J connectivity index is 1.96. The molecule has 2 rings (SSSR count). The minimum Gasteiger partial charge on any atom is -0.330 e. The molecular weight excluding hydrogens is 304 g/mol. The van der Waals surface area contributed by atoms with Crippen LogP contribution in [0.5, 0.6) is 0 Å². The average Bonchev–Trinajstić information content (AvgIpc) is 2.46. The van der Waals surface area contributed by atoms with Gasteiger partial charge in [-0.3, -0.25) is 9.52 Å². The Morgan fingerprint density at radius 3 is 2.64 bits per heavy atom. The van der Waals surface area contributed by atoms with Crippen molar-refractivity contribution in [1.82, 2.24) is 4.98 Å². The molecule has 122 valence electrons. The molecule has 0 aliphatic heterocycles. The zero-order valence-corrected chi connectivity index (χ0v) is 13.4. The second-order valence-electron chi connectivity index (χ2n) is 5.75. The largest absolute Gasteiger partial charge is 0.330 e. The van der Waals surface area contributed by atoms with Gasteiger partial charge in [0.2, 0.25) is 15.9 Å². The molecule has 0 radical (unpaired) electrons. The molecule has 1 aromatic rings. The van der Waals surface area contributed by atoms with Crippen LogP contribution in [0.25, 0.3) is 0 Å². The van der Waals surface area contributed by atoms with Crippen molar-refractivity contribution in [3.05, 3.63) is 18.3 Å². The number of nitrogens with one attached hydrogen (secondary N) is 2. The quantitative estimate of drug-likeness (QED) is 0.751. The molecule has 1 aliphatic carbocycles. The van der Waals surface area contributed by atoms with Gasteiger partial charge in [-0.2, -0.15) is 0 Å². The van der Waals surface area contributed by atoms with E-state index in [1.54, 1.807) is 6.07 Å². The first-order valence-electron chi connectivity index (χ1n) is 7.32. The molecule has 7 nitrogen and oxygen atoms in total. The highest BCUT2D eigenvalue weighted by Gasteiger charge is 2.25. The van der Waals surface area contributed by atoms with E-state index in [-0.39, 0.29) is 17.6 Å². The van der Waals surface area contributed by atoms with Crippen LogP contribution in [-0.4, -0.2) is 32.1 Å². The van der Waals surface area contributed by atoms with Gasteiger partial charge in [0.1, 0.15) is 5.82 Å². The maximum atomic E-state index is 12.3. The Kier molecular flexibility index (Phi) is 5.36. The summed E-state index contributed by atoms with van der Waals surface area (Å²) < 4.78 is 24.7. The molecule has 0 unspecified atom stereocenters. The zero-order valence-electron chi connectivity index (χ0n) is 12.6. The molecule has 1 heterocycles. The minimum atomic E-state index is -3.39. The van der Waals surface area contributed by atoms with Crippen LogP contribution in [0, 0.1) is 11.8 Å². The summed E-state index contributed by atoms with van der Waals surface area (Å²) in [4.78, 5) is 16.2. The van der Waals surface area contributed by atoms with Gasteiger partial charge >= 0.3 is 0 Å². The number of amides is 1. The number of nitrogens with zero attached hydrogens (tertiary/aromatic N) is 1. The number of nitrogens with two attached hydrogens (primary N) is 1. The van der Waals surface area contributed by atoms with E-state index in [9.17, 15) is 13.2 Å². The molecule has 1 aliphatic rings. The Morgan fingerprint density at radius 2 is 2.05 bits per heavy atom. The number of rotatable bonds is 5. The number of pyridine rings is 1. The molecule has 1 aromatic heterocycles. The van der Waals surface area contributed by atoms with Crippen molar-refractivity contribution >= 4 is 27.4 Å². The smallest absolute Gasteiger partial charge is 0.230 e. The van der Waals surface area contributed by atoms with E-state index in [0.717, 1.165) is 31.9 Å². The standard InChI is InChI=1S/C14H22N4O3S/c1-22(20,21)18-13-8-12(6-7-16-13)17-14(19)11-4-2-10(9-15)3-5-11/h6-8,10-11H,2-5,9,15H2,1H3,(H2,16,17,18,19). The Bertz CT molecular complexity index is 625. The third kappa shape index (κ3) is 4.96. The van der Waals surface area contributed by atoms with Gasteiger partial charge < -0.3 is 11.1 Å². The van der Waals surface area contributed by atoms with E-state index in [1.165, 1.54) is 12.3 Å². The van der Waals surface area contributed by atoms with E-state index >= 15 is 0 Å². The van der Waals surface area contributed by atoms with Crippen LogP contribution in [0.15, 0.2) is 18.3 Å². The average molecular weight is 326 g/mol. The number of carbonyl (C=O) groups excluding carboxylic acids is 1. The summed E-state index contributed by atoms with van der Waals surface area (Å²) in [6.07, 6.45) is 6.14. The first-order chi connectivity index (χ1) is 10.4. The van der Waals surface area contributed by atoms with Crippen LogP contribution in [-0.2, 0) is 14.8 Å². The lowest BCUT2D eigenvalue weighted by atomic mass is 9.81. The van der Waals surface area contributed by atoms with Gasteiger partial charge in [0.15, 0.2) is 0 Å². The summed E-state index contributed by atoms with van der Waals surface area (Å²) in [6, 6.07) is 3.14. The van der Waals surface area contributed by atoms with Crippen LogP contribution in [0.2, 0.25) is 0 Å². The molecular formula is C14H22N4O3S. The van der Waals surface area contributed by atoms with Crippen molar-refractivity contribution in [2.45, 2.75) is 25.7 Å². The first kappa shape index (κ1) is 16.7. The van der Waals surface area contributed by atoms with Gasteiger partial charge in [0.25, 0.3) is 0 Å². The number of aromatic nitrogens is 1. The normalized spacial score (nSPS) is 22.1. The number of carbonyl (C=O) groups is 1. The summed E-state index contributed by atoms with van der Waals surface area (Å²) in [5, 5.41) is 2.83. The molecule has 0 atom stereocenters. The fourth-order valence-corrected chi connectivity index (χ4v) is 3.15. The van der Waals surface area contributed by atoms with E-state index in [0.29, 0.717) is 18.2 Å². The lowest BCUT2D eigenvalue weighted by Crippen LogP contribution is -2.29. The minimum absolute atomic E-state index is 0.0118. The third-order valence-electron chi connectivity index (χ3n) is 3.87. The van der Waals surface area contributed by atoms with Gasteiger partial charge in [-0.1, -0.05) is 0 Å². The Labute approximate surface area is 130 Å². The Morgan fingerprint density at radius 1 is 1.36 bits per heavy atom. The summed E-state index contributed by atoms with van der Waals surface area (Å²) in [7, 11) is -3.39. The third-order valence-corrected chi connectivity index (χ3v) is 4.45. The molecule has 8 heteroatoms. The SMILES string of the molecule is CS(=O)(=O)Nc1cc(NC(=O)C2CCC(CN)CC2)ccn1. The fourth-order valence-electron chi connectivity index (χ4n) is 2.66. The number of hydrogen-bond donors (Lipinski definition) is 3. The lowest BCUT2D eigenvalue weighted by molar-refractivity contribution is -0.121. The van der Waals surface area contributed by atoms with Crippen LogP contribution in [0.4, 0.5) is 11.5 Å². The van der Waals surface area contributed by atoms with E-state index in [1.807, 2.05) is 0 Å². The van der Waals surface area contributed by atoms with Crippen LogP contribution < -0.4 is 15.8 Å². The second-order valence-corrected chi connectivity index (χ2v) is 7.50. The lowest BCUT2D eigenvalue weighted by Gasteiger charge is -2.26. The molecule has 1 fully saturated rings. The van der Waals surface area contributed by atoms with Crippen molar-refractivity contribution in [2.24, 2.45) is 17.6 Å². The predicted octanol–water partition coefficient (Wildman–Crippen LogP) is 1.16. The molecule has 0 bridgehead atoms. The molecule has 0 saturated heterocycles. The molecule has 4 N–H and O–H groups in total. The predicted molar refractivity (Wildman–Crippen MR) is 85.8 cm³/mol. The summed E-state index contributed by atoms with van der Waals surface area (Å²) in [6.45, 7) is 0.680. The highest BCUT2D eigenvalue weighted by molar-refractivity contribution is 7.92. The maximum absolute atomic E-state index is 12.3. The fraction of sp³-hybridized carbons (Fsp3) is 0.571. The van der Waals surface area contributed by atoms with E-state index < -0.39 is 10.0 Å². The number of sulfonamides is 1. The molecule has 22 heavy (non-hydrogen) atoms. The van der Waals surface area contributed by atoms with Gasteiger partial charge in [-0.25, -0.2) is 13.4 Å². The van der Waals surface area contributed by atoms with Crippen molar-refractivity contribution in [3.63, 3.8) is 0 Å². The van der Waals surface area contributed by atoms with E-state index in [4.69, 9.17) is 5.73 Å². The van der Waals surface area contributed by atoms with Crippen molar-refractivity contribution in [1.29, 1.82) is 0 Å². The van der Waals surface area contributed by atoms with E-state index in [2.05, 4.69) is 15.0 Å². The van der Waals surface area contributed by atoms with Gasteiger partial charge in [-0.05, 0) is 44.2 Å². The van der Waals surface area contributed by atoms with Gasteiger partial charge in [0, 0.05) is 23.9 Å². The second kappa shape index (κ2) is 7.06. The molecule has 0 aromatic carbocycles. The molecule has 1 saturated carbocycles. The Hall–Kier alpha value is -1.67. The summed E-state index contributed by atoms with van der Waals surface area (Å²) >= 11 is 0. The summed E-state index contributed by atoms with van der Waals surface area (Å²) in [5.41, 5.74) is 6.19.